The predicted octanol–water partition coefficient (Wildman–Crippen LogP) is 2.88. The zero-order valence-corrected chi connectivity index (χ0v) is 16.5. The van der Waals surface area contributed by atoms with Gasteiger partial charge in [0.25, 0.3) is 5.91 Å². The number of hydrogen-bond acceptors (Lipinski definition) is 6. The topological polar surface area (TPSA) is 68.7 Å². The van der Waals surface area contributed by atoms with Crippen molar-refractivity contribution in [2.45, 2.75) is 26.2 Å². The summed E-state index contributed by atoms with van der Waals surface area (Å²) < 4.78 is 10.3. The third-order valence-corrected chi connectivity index (χ3v) is 5.36. The molecule has 3 rings (SSSR count). The van der Waals surface area contributed by atoms with Gasteiger partial charge < -0.3 is 14.4 Å². The van der Waals surface area contributed by atoms with Crippen molar-refractivity contribution in [3.05, 3.63) is 40.9 Å². The number of ether oxygens (including phenoxy) is 2. The summed E-state index contributed by atoms with van der Waals surface area (Å²) in [5.74, 6) is -0.139. The Bertz CT molecular complexity index is 780. The van der Waals surface area contributed by atoms with E-state index in [0.29, 0.717) is 37.9 Å². The molecule has 1 fully saturated rings. The molecule has 2 aromatic rings. The lowest BCUT2D eigenvalue weighted by Gasteiger charge is -2.26. The molecule has 144 valence electrons. The monoisotopic (exact) mass is 388 g/mol. The second-order valence-electron chi connectivity index (χ2n) is 6.75. The summed E-state index contributed by atoms with van der Waals surface area (Å²) in [5, 5.41) is 2.73. The highest BCUT2D eigenvalue weighted by atomic mass is 32.1. The van der Waals surface area contributed by atoms with Gasteiger partial charge in [-0.05, 0) is 11.5 Å². The first-order valence-electron chi connectivity index (χ1n) is 9.09. The number of esters is 1. The number of amides is 1. The van der Waals surface area contributed by atoms with Gasteiger partial charge in [-0.25, -0.2) is 4.98 Å². The maximum atomic E-state index is 12.0. The molecule has 1 aromatic heterocycles. The van der Waals surface area contributed by atoms with E-state index in [4.69, 9.17) is 9.47 Å². The van der Waals surface area contributed by atoms with E-state index in [-0.39, 0.29) is 18.9 Å². The summed E-state index contributed by atoms with van der Waals surface area (Å²) in [6.07, 6.45) is 0.0664. The first kappa shape index (κ1) is 19.5. The van der Waals surface area contributed by atoms with Crippen LogP contribution in [0.15, 0.2) is 29.6 Å². The molecule has 0 aliphatic carbocycles. The number of carbonyl (C=O) groups excluding carboxylic acids is 2. The van der Waals surface area contributed by atoms with Crippen molar-refractivity contribution in [1.82, 2.24) is 9.88 Å². The summed E-state index contributed by atoms with van der Waals surface area (Å²) in [7, 11) is 0. The van der Waals surface area contributed by atoms with Crippen LogP contribution in [0.3, 0.4) is 0 Å². The number of aromatic nitrogens is 1. The van der Waals surface area contributed by atoms with E-state index in [2.05, 4.69) is 43.1 Å². The largest absolute Gasteiger partial charge is 0.455 e. The van der Waals surface area contributed by atoms with Gasteiger partial charge in [0.05, 0.1) is 25.3 Å². The van der Waals surface area contributed by atoms with Crippen molar-refractivity contribution in [1.29, 1.82) is 0 Å². The van der Waals surface area contributed by atoms with Crippen LogP contribution < -0.4 is 0 Å². The fourth-order valence-electron chi connectivity index (χ4n) is 2.78. The minimum atomic E-state index is -0.441. The Hall–Kier alpha value is -2.25. The average molecular weight is 388 g/mol. The molecule has 7 heteroatoms. The van der Waals surface area contributed by atoms with Crippen LogP contribution in [0.1, 0.15) is 31.0 Å². The van der Waals surface area contributed by atoms with Crippen LogP contribution in [0.2, 0.25) is 0 Å². The third kappa shape index (κ3) is 5.37. The van der Waals surface area contributed by atoms with Crippen molar-refractivity contribution in [3.63, 3.8) is 0 Å². The maximum Gasteiger partial charge on any atom is 0.312 e. The smallest absolute Gasteiger partial charge is 0.312 e. The summed E-state index contributed by atoms with van der Waals surface area (Å²) in [5.41, 5.74) is 2.97. The highest BCUT2D eigenvalue weighted by Crippen LogP contribution is 2.26. The molecule has 0 atom stereocenters. The van der Waals surface area contributed by atoms with E-state index < -0.39 is 5.97 Å². The normalized spacial score (nSPS) is 14.4. The van der Waals surface area contributed by atoms with Crippen molar-refractivity contribution in [2.24, 2.45) is 0 Å². The molecule has 0 spiro atoms. The summed E-state index contributed by atoms with van der Waals surface area (Å²) in [6, 6.07) is 8.31. The predicted molar refractivity (Wildman–Crippen MR) is 104 cm³/mol. The molecule has 1 aliphatic rings. The molecule has 0 unspecified atom stereocenters. The minimum Gasteiger partial charge on any atom is -0.455 e. The number of nitrogens with zero attached hydrogens (tertiary/aromatic N) is 2. The molecular weight excluding hydrogens is 364 g/mol. The molecule has 0 bridgehead atoms. The van der Waals surface area contributed by atoms with E-state index in [0.717, 1.165) is 10.6 Å². The summed E-state index contributed by atoms with van der Waals surface area (Å²) in [6.45, 7) is 6.23. The fourth-order valence-corrected chi connectivity index (χ4v) is 3.60. The van der Waals surface area contributed by atoms with Gasteiger partial charge in [-0.3, -0.25) is 9.59 Å². The first-order valence-corrected chi connectivity index (χ1v) is 9.97. The van der Waals surface area contributed by atoms with E-state index in [9.17, 15) is 9.59 Å². The number of hydrogen-bond donors (Lipinski definition) is 0. The van der Waals surface area contributed by atoms with Crippen molar-refractivity contribution in [3.8, 4) is 10.6 Å². The Labute approximate surface area is 163 Å². The summed E-state index contributed by atoms with van der Waals surface area (Å²) >= 11 is 1.50. The van der Waals surface area contributed by atoms with E-state index in [1.165, 1.54) is 16.9 Å². The third-order valence-electron chi connectivity index (χ3n) is 4.42. The molecule has 0 saturated carbocycles. The molecular formula is C20H24N2O4S. The molecule has 1 aromatic carbocycles. The quantitative estimate of drug-likeness (QED) is 0.712. The van der Waals surface area contributed by atoms with E-state index in [1.54, 1.807) is 4.90 Å². The molecule has 1 aliphatic heterocycles. The molecule has 0 radical (unpaired) electrons. The number of morpholine rings is 1. The molecule has 1 saturated heterocycles. The van der Waals surface area contributed by atoms with Gasteiger partial charge in [-0.2, -0.15) is 0 Å². The summed E-state index contributed by atoms with van der Waals surface area (Å²) in [4.78, 5) is 30.2. The number of benzene rings is 1. The Kier molecular flexibility index (Phi) is 6.58. The Balaban J connectivity index is 1.51. The van der Waals surface area contributed by atoms with Crippen LogP contribution >= 0.6 is 11.3 Å². The van der Waals surface area contributed by atoms with Crippen molar-refractivity contribution in [2.75, 3.05) is 32.9 Å². The van der Waals surface area contributed by atoms with Gasteiger partial charge in [0.15, 0.2) is 6.61 Å². The lowest BCUT2D eigenvalue weighted by atomic mass is 10.0. The fraction of sp³-hybridized carbons (Fsp3) is 0.450. The SMILES string of the molecule is CC(C)c1ccc(-c2nc(CC(=O)OCC(=O)N3CCOCC3)cs2)cc1. The van der Waals surface area contributed by atoms with Crippen LogP contribution in [-0.2, 0) is 25.5 Å². The van der Waals surface area contributed by atoms with Gasteiger partial charge in [-0.15, -0.1) is 11.3 Å². The Morgan fingerprint density at radius 2 is 1.93 bits per heavy atom. The molecule has 1 amide bonds. The lowest BCUT2D eigenvalue weighted by Crippen LogP contribution is -2.42. The van der Waals surface area contributed by atoms with Gasteiger partial charge >= 0.3 is 5.97 Å². The molecule has 6 nitrogen and oxygen atoms in total. The van der Waals surface area contributed by atoms with E-state index >= 15 is 0 Å². The van der Waals surface area contributed by atoms with E-state index in [1.807, 2.05) is 5.38 Å². The number of rotatable bonds is 6. The average Bonchev–Trinajstić information content (AvgIpc) is 3.15. The number of carbonyl (C=O) groups is 2. The van der Waals surface area contributed by atoms with Gasteiger partial charge in [-0.1, -0.05) is 38.1 Å². The second kappa shape index (κ2) is 9.10. The first-order chi connectivity index (χ1) is 13.0. The van der Waals surface area contributed by atoms with Crippen LogP contribution in [0.5, 0.6) is 0 Å². The van der Waals surface area contributed by atoms with Crippen molar-refractivity contribution < 1.29 is 19.1 Å². The minimum absolute atomic E-state index is 0.0664. The van der Waals surface area contributed by atoms with Gasteiger partial charge in [0.2, 0.25) is 0 Å². The standard InChI is InChI=1S/C20H24N2O4S/c1-14(2)15-3-5-16(6-4-15)20-21-17(13-27-20)11-19(24)26-12-18(23)22-7-9-25-10-8-22/h3-6,13-14H,7-12H2,1-2H3. The Morgan fingerprint density at radius 3 is 2.59 bits per heavy atom. The second-order valence-corrected chi connectivity index (χ2v) is 7.61. The van der Waals surface area contributed by atoms with Crippen LogP contribution in [0.4, 0.5) is 0 Å². The lowest BCUT2D eigenvalue weighted by molar-refractivity contribution is -0.153. The Morgan fingerprint density at radius 1 is 1.22 bits per heavy atom. The highest BCUT2D eigenvalue weighted by Gasteiger charge is 2.19. The number of thiazole rings is 1. The van der Waals surface area contributed by atoms with Crippen molar-refractivity contribution >= 4 is 23.2 Å². The van der Waals surface area contributed by atoms with Crippen LogP contribution in [-0.4, -0.2) is 54.7 Å². The highest BCUT2D eigenvalue weighted by molar-refractivity contribution is 7.13. The van der Waals surface area contributed by atoms with Crippen LogP contribution in [0.25, 0.3) is 10.6 Å². The molecule has 2 heterocycles. The molecule has 27 heavy (non-hydrogen) atoms. The molecule has 0 N–H and O–H groups in total. The zero-order valence-electron chi connectivity index (χ0n) is 15.6. The maximum absolute atomic E-state index is 12.0. The van der Waals surface area contributed by atoms with Gasteiger partial charge in [0.1, 0.15) is 5.01 Å². The zero-order chi connectivity index (χ0) is 19.2. The van der Waals surface area contributed by atoms with Gasteiger partial charge in [0, 0.05) is 24.0 Å². The van der Waals surface area contributed by atoms with Crippen LogP contribution in [0, 0.1) is 0 Å².